The Morgan fingerprint density at radius 1 is 1.38 bits per heavy atom. The third-order valence-corrected chi connectivity index (χ3v) is 5.30. The number of hydrogen-bond acceptors (Lipinski definition) is 4. The van der Waals surface area contributed by atoms with Crippen LogP contribution in [0.25, 0.3) is 0 Å². The van der Waals surface area contributed by atoms with Gasteiger partial charge in [0.2, 0.25) is 10.0 Å². The molecule has 0 radical (unpaired) electrons. The minimum absolute atomic E-state index is 0.102. The van der Waals surface area contributed by atoms with Gasteiger partial charge in [0.05, 0.1) is 25.2 Å². The van der Waals surface area contributed by atoms with Crippen molar-refractivity contribution >= 4 is 16.0 Å². The van der Waals surface area contributed by atoms with Crippen LogP contribution in [0.15, 0.2) is 23.1 Å². The fourth-order valence-corrected chi connectivity index (χ4v) is 3.57. The Hall–Kier alpha value is -1.58. The van der Waals surface area contributed by atoms with Crippen molar-refractivity contribution in [3.8, 4) is 0 Å². The summed E-state index contributed by atoms with van der Waals surface area (Å²) in [6, 6.07) is 1.14. The molecule has 2 rings (SSSR count). The number of sulfonamides is 1. The van der Waals surface area contributed by atoms with Crippen LogP contribution in [0.2, 0.25) is 0 Å². The van der Waals surface area contributed by atoms with E-state index in [4.69, 9.17) is 9.84 Å². The summed E-state index contributed by atoms with van der Waals surface area (Å²) in [5.41, 5.74) is 0. The molecule has 1 fully saturated rings. The Morgan fingerprint density at radius 3 is 2.62 bits per heavy atom. The number of nitrogens with zero attached hydrogens (tertiary/aromatic N) is 1. The highest BCUT2D eigenvalue weighted by Crippen LogP contribution is 2.26. The summed E-state index contributed by atoms with van der Waals surface area (Å²) >= 11 is 0. The summed E-state index contributed by atoms with van der Waals surface area (Å²) in [4.78, 5) is 10.4. The van der Waals surface area contributed by atoms with Gasteiger partial charge in [0.25, 0.3) is 0 Å². The van der Waals surface area contributed by atoms with Crippen molar-refractivity contribution in [3.05, 3.63) is 29.8 Å². The Labute approximate surface area is 120 Å². The molecule has 1 aliphatic rings. The number of rotatable bonds is 4. The SMILES string of the molecule is CN(C1COCC1C(=O)O)S(=O)(=O)c1ccc(F)cc1F. The van der Waals surface area contributed by atoms with E-state index in [9.17, 15) is 22.0 Å². The van der Waals surface area contributed by atoms with Crippen LogP contribution in [0.4, 0.5) is 8.78 Å². The van der Waals surface area contributed by atoms with Gasteiger partial charge in [-0.3, -0.25) is 4.79 Å². The molecule has 0 bridgehead atoms. The van der Waals surface area contributed by atoms with Crippen LogP contribution in [0.5, 0.6) is 0 Å². The van der Waals surface area contributed by atoms with Crippen molar-refractivity contribution in [2.75, 3.05) is 20.3 Å². The van der Waals surface area contributed by atoms with Crippen LogP contribution in [-0.2, 0) is 19.6 Å². The van der Waals surface area contributed by atoms with Crippen LogP contribution in [0, 0.1) is 17.6 Å². The smallest absolute Gasteiger partial charge is 0.310 e. The zero-order valence-corrected chi connectivity index (χ0v) is 11.8. The summed E-state index contributed by atoms with van der Waals surface area (Å²) in [7, 11) is -3.14. The molecule has 116 valence electrons. The molecule has 0 aliphatic carbocycles. The Balaban J connectivity index is 2.37. The predicted molar refractivity (Wildman–Crippen MR) is 67.0 cm³/mol. The molecule has 0 aromatic heterocycles. The molecule has 1 saturated heterocycles. The van der Waals surface area contributed by atoms with Crippen molar-refractivity contribution in [1.29, 1.82) is 0 Å². The van der Waals surface area contributed by atoms with Gasteiger partial charge in [-0.05, 0) is 12.1 Å². The number of halogens is 2. The lowest BCUT2D eigenvalue weighted by molar-refractivity contribution is -0.142. The molecule has 0 saturated carbocycles. The van der Waals surface area contributed by atoms with E-state index in [1.54, 1.807) is 0 Å². The highest BCUT2D eigenvalue weighted by molar-refractivity contribution is 7.89. The van der Waals surface area contributed by atoms with Gasteiger partial charge in [-0.25, -0.2) is 17.2 Å². The molecule has 1 aromatic rings. The van der Waals surface area contributed by atoms with E-state index in [-0.39, 0.29) is 13.2 Å². The fourth-order valence-electron chi connectivity index (χ4n) is 2.16. The molecule has 1 aromatic carbocycles. The van der Waals surface area contributed by atoms with E-state index in [0.29, 0.717) is 6.07 Å². The standard InChI is InChI=1S/C12H13F2NO5S/c1-15(10-6-20-5-8(10)12(16)17)21(18,19)11-3-2-7(13)4-9(11)14/h2-4,8,10H,5-6H2,1H3,(H,16,17). The molecule has 0 spiro atoms. The zero-order valence-electron chi connectivity index (χ0n) is 11.0. The van der Waals surface area contributed by atoms with E-state index in [1.165, 1.54) is 0 Å². The topological polar surface area (TPSA) is 83.9 Å². The van der Waals surface area contributed by atoms with E-state index in [2.05, 4.69) is 0 Å². The molecule has 1 N–H and O–H groups in total. The molecular formula is C12H13F2NO5S. The largest absolute Gasteiger partial charge is 0.481 e. The summed E-state index contributed by atoms with van der Waals surface area (Å²) in [6.07, 6.45) is 0. The number of ether oxygens (including phenoxy) is 1. The van der Waals surface area contributed by atoms with Crippen LogP contribution in [0.1, 0.15) is 0 Å². The minimum atomic E-state index is -4.29. The first-order valence-electron chi connectivity index (χ1n) is 5.99. The molecule has 21 heavy (non-hydrogen) atoms. The molecule has 1 aliphatic heterocycles. The maximum atomic E-state index is 13.7. The van der Waals surface area contributed by atoms with E-state index in [1.807, 2.05) is 0 Å². The van der Waals surface area contributed by atoms with Crippen molar-refractivity contribution in [1.82, 2.24) is 4.31 Å². The van der Waals surface area contributed by atoms with Gasteiger partial charge in [0.1, 0.15) is 16.5 Å². The van der Waals surface area contributed by atoms with Gasteiger partial charge < -0.3 is 9.84 Å². The van der Waals surface area contributed by atoms with E-state index < -0.39 is 44.5 Å². The molecule has 1 heterocycles. The number of likely N-dealkylation sites (N-methyl/N-ethyl adjacent to an activating group) is 1. The van der Waals surface area contributed by atoms with Gasteiger partial charge in [-0.2, -0.15) is 4.31 Å². The third kappa shape index (κ3) is 2.89. The number of benzene rings is 1. The second-order valence-electron chi connectivity index (χ2n) is 4.65. The first-order valence-corrected chi connectivity index (χ1v) is 7.43. The number of carboxylic acids is 1. The molecule has 2 atom stereocenters. The molecule has 9 heteroatoms. The lowest BCUT2D eigenvalue weighted by atomic mass is 10.1. The van der Waals surface area contributed by atoms with Crippen LogP contribution < -0.4 is 0 Å². The van der Waals surface area contributed by atoms with Crippen molar-refractivity contribution in [2.45, 2.75) is 10.9 Å². The van der Waals surface area contributed by atoms with Gasteiger partial charge in [-0.1, -0.05) is 0 Å². The number of aliphatic carboxylic acids is 1. The maximum Gasteiger partial charge on any atom is 0.310 e. The minimum Gasteiger partial charge on any atom is -0.481 e. The van der Waals surface area contributed by atoms with Gasteiger partial charge >= 0.3 is 5.97 Å². The Morgan fingerprint density at radius 2 is 2.05 bits per heavy atom. The highest BCUT2D eigenvalue weighted by atomic mass is 32.2. The summed E-state index contributed by atoms with van der Waals surface area (Å²) < 4.78 is 56.9. The van der Waals surface area contributed by atoms with Crippen LogP contribution in [-0.4, -0.2) is 50.1 Å². The number of hydrogen-bond donors (Lipinski definition) is 1. The number of carboxylic acid groups (broad SMARTS) is 1. The quantitative estimate of drug-likeness (QED) is 0.882. The van der Waals surface area contributed by atoms with E-state index in [0.717, 1.165) is 23.5 Å². The average molecular weight is 321 g/mol. The summed E-state index contributed by atoms with van der Waals surface area (Å²) in [6.45, 7) is -0.221. The maximum absolute atomic E-state index is 13.7. The lowest BCUT2D eigenvalue weighted by Crippen LogP contribution is -2.44. The molecule has 2 unspecified atom stereocenters. The second kappa shape index (κ2) is 5.66. The van der Waals surface area contributed by atoms with Gasteiger partial charge in [0.15, 0.2) is 0 Å². The fraction of sp³-hybridized carbons (Fsp3) is 0.417. The predicted octanol–water partition coefficient (Wildman–Crippen LogP) is 0.685. The Bertz CT molecular complexity index is 664. The normalized spacial score (nSPS) is 22.7. The van der Waals surface area contributed by atoms with Gasteiger partial charge in [-0.15, -0.1) is 0 Å². The van der Waals surface area contributed by atoms with Crippen molar-refractivity contribution in [3.63, 3.8) is 0 Å². The molecule has 6 nitrogen and oxygen atoms in total. The number of carbonyl (C=O) groups is 1. The monoisotopic (exact) mass is 321 g/mol. The first kappa shape index (κ1) is 15.8. The third-order valence-electron chi connectivity index (χ3n) is 3.39. The molecule has 0 amide bonds. The summed E-state index contributed by atoms with van der Waals surface area (Å²) in [5, 5.41) is 9.03. The van der Waals surface area contributed by atoms with Crippen molar-refractivity contribution < 1.29 is 31.8 Å². The zero-order chi connectivity index (χ0) is 15.8. The average Bonchev–Trinajstić information content (AvgIpc) is 2.86. The highest BCUT2D eigenvalue weighted by Gasteiger charge is 2.42. The van der Waals surface area contributed by atoms with Crippen LogP contribution >= 0.6 is 0 Å². The van der Waals surface area contributed by atoms with Crippen molar-refractivity contribution in [2.24, 2.45) is 5.92 Å². The molecular weight excluding hydrogens is 308 g/mol. The summed E-state index contributed by atoms with van der Waals surface area (Å²) in [5.74, 6) is -4.36. The van der Waals surface area contributed by atoms with Gasteiger partial charge in [0, 0.05) is 13.1 Å². The lowest BCUT2D eigenvalue weighted by Gasteiger charge is -2.25. The van der Waals surface area contributed by atoms with Crippen LogP contribution in [0.3, 0.4) is 0 Å². The van der Waals surface area contributed by atoms with E-state index >= 15 is 0 Å². The first-order chi connectivity index (χ1) is 9.75. The Kier molecular flexibility index (Phi) is 4.26. The second-order valence-corrected chi connectivity index (χ2v) is 6.61.